The molecule has 0 saturated carbocycles. The fraction of sp³-hybridized carbons (Fsp3) is 0.333. The Balaban J connectivity index is 1.55. The number of carbonyl (C=O) groups excluding carboxylic acids is 2. The van der Waals surface area contributed by atoms with E-state index in [1.54, 1.807) is 6.21 Å². The first-order chi connectivity index (χ1) is 13.1. The highest BCUT2D eigenvalue weighted by Gasteiger charge is 2.24. The van der Waals surface area contributed by atoms with Crippen molar-refractivity contribution in [2.45, 2.75) is 6.54 Å². The molecular formula is C18H20N4O4S. The van der Waals surface area contributed by atoms with Crippen LogP contribution in [0.4, 0.5) is 0 Å². The lowest BCUT2D eigenvalue weighted by molar-refractivity contribution is -0.135. The van der Waals surface area contributed by atoms with Crippen molar-refractivity contribution >= 4 is 35.0 Å². The summed E-state index contributed by atoms with van der Waals surface area (Å²) in [4.78, 5) is 25.5. The third kappa shape index (κ3) is 5.75. The van der Waals surface area contributed by atoms with Crippen LogP contribution in [0.5, 0.6) is 0 Å². The molecule has 8 nitrogen and oxygen atoms in total. The smallest absolute Gasteiger partial charge is 0.331 e. The van der Waals surface area contributed by atoms with Crippen LogP contribution in [0.2, 0.25) is 0 Å². The maximum absolute atomic E-state index is 11.7. The van der Waals surface area contributed by atoms with Crippen LogP contribution < -0.4 is 5.32 Å². The highest BCUT2D eigenvalue weighted by atomic mass is 32.2. The summed E-state index contributed by atoms with van der Waals surface area (Å²) in [6.07, 6.45) is 2.74. The van der Waals surface area contributed by atoms with Gasteiger partial charge < -0.3 is 9.47 Å². The molecule has 0 unspecified atom stereocenters. The number of esters is 1. The van der Waals surface area contributed by atoms with E-state index in [0.29, 0.717) is 5.17 Å². The summed E-state index contributed by atoms with van der Waals surface area (Å²) in [5.74, 6) is -0.985. The quantitative estimate of drug-likeness (QED) is 0.352. The third-order valence-electron chi connectivity index (χ3n) is 3.95. The van der Waals surface area contributed by atoms with E-state index in [1.165, 1.54) is 12.7 Å². The van der Waals surface area contributed by atoms with Gasteiger partial charge in [0.05, 0.1) is 31.4 Å². The van der Waals surface area contributed by atoms with E-state index in [1.807, 2.05) is 12.1 Å². The number of hydrogen-bond acceptors (Lipinski definition) is 8. The molecule has 0 aliphatic carbocycles. The molecular weight excluding hydrogens is 368 g/mol. The number of thioether (sulfide) groups is 1. The number of carbonyl (C=O) groups is 2. The van der Waals surface area contributed by atoms with Gasteiger partial charge >= 0.3 is 5.97 Å². The molecule has 1 N–H and O–H groups in total. The molecule has 1 amide bonds. The van der Waals surface area contributed by atoms with Crippen LogP contribution in [0.25, 0.3) is 0 Å². The molecule has 0 atom stereocenters. The molecule has 3 rings (SSSR count). The largest absolute Gasteiger partial charge is 0.466 e. The third-order valence-corrected chi connectivity index (χ3v) is 4.85. The number of morpholine rings is 1. The fourth-order valence-electron chi connectivity index (χ4n) is 2.52. The maximum Gasteiger partial charge on any atom is 0.331 e. The molecule has 1 aromatic carbocycles. The highest BCUT2D eigenvalue weighted by Crippen LogP contribution is 2.23. The van der Waals surface area contributed by atoms with Crippen molar-refractivity contribution in [3.8, 4) is 0 Å². The Kier molecular flexibility index (Phi) is 6.74. The highest BCUT2D eigenvalue weighted by molar-refractivity contribution is 8.18. The van der Waals surface area contributed by atoms with Crippen molar-refractivity contribution in [2.75, 3.05) is 33.4 Å². The van der Waals surface area contributed by atoms with Crippen molar-refractivity contribution in [3.05, 3.63) is 46.4 Å². The number of nitrogens with zero attached hydrogens (tertiary/aromatic N) is 3. The number of ether oxygens (including phenoxy) is 2. The lowest BCUT2D eigenvalue weighted by Crippen LogP contribution is -2.35. The van der Waals surface area contributed by atoms with Crippen LogP contribution in [0.3, 0.4) is 0 Å². The molecule has 142 valence electrons. The number of hydrogen-bond donors (Lipinski definition) is 1. The Labute approximate surface area is 161 Å². The molecule has 2 aliphatic rings. The van der Waals surface area contributed by atoms with Crippen molar-refractivity contribution < 1.29 is 19.1 Å². The first-order valence-electron chi connectivity index (χ1n) is 8.43. The SMILES string of the molecule is COC(=O)/C=C1/S/C(=N\N=Cc2ccc(CN3CCOCC3)cc2)NC1=O. The Bertz CT molecular complexity index is 783. The molecule has 1 aromatic rings. The summed E-state index contributed by atoms with van der Waals surface area (Å²) in [5, 5.41) is 10.8. The summed E-state index contributed by atoms with van der Waals surface area (Å²) in [5.41, 5.74) is 2.14. The molecule has 27 heavy (non-hydrogen) atoms. The number of amides is 1. The van der Waals surface area contributed by atoms with Crippen LogP contribution in [0.1, 0.15) is 11.1 Å². The molecule has 2 fully saturated rings. The number of rotatable bonds is 5. The monoisotopic (exact) mass is 388 g/mol. The van der Waals surface area contributed by atoms with Gasteiger partial charge in [-0.1, -0.05) is 24.3 Å². The van der Waals surface area contributed by atoms with Crippen molar-refractivity contribution in [1.82, 2.24) is 10.2 Å². The minimum atomic E-state index is -0.588. The second kappa shape index (κ2) is 9.45. The molecule has 2 heterocycles. The van der Waals surface area contributed by atoms with Crippen LogP contribution in [0.15, 0.2) is 45.4 Å². The van der Waals surface area contributed by atoms with Crippen LogP contribution in [0, 0.1) is 0 Å². The van der Waals surface area contributed by atoms with Gasteiger partial charge in [-0.25, -0.2) is 4.79 Å². The number of amidine groups is 1. The minimum absolute atomic E-state index is 0.225. The van der Waals surface area contributed by atoms with E-state index in [4.69, 9.17) is 4.74 Å². The second-order valence-electron chi connectivity index (χ2n) is 5.87. The van der Waals surface area contributed by atoms with Crippen molar-refractivity contribution in [3.63, 3.8) is 0 Å². The van der Waals surface area contributed by atoms with Gasteiger partial charge in [0.2, 0.25) is 0 Å². The summed E-state index contributed by atoms with van der Waals surface area (Å²) < 4.78 is 9.86. The Morgan fingerprint density at radius 1 is 1.33 bits per heavy atom. The van der Waals surface area contributed by atoms with Gasteiger partial charge in [-0.05, 0) is 22.9 Å². The average molecular weight is 388 g/mol. The van der Waals surface area contributed by atoms with Crippen LogP contribution >= 0.6 is 11.8 Å². The van der Waals surface area contributed by atoms with E-state index >= 15 is 0 Å². The second-order valence-corrected chi connectivity index (χ2v) is 6.90. The first kappa shape index (κ1) is 19.3. The maximum atomic E-state index is 11.7. The van der Waals surface area contributed by atoms with Gasteiger partial charge in [0.15, 0.2) is 5.17 Å². The normalized spacial score (nSPS) is 21.1. The molecule has 2 aliphatic heterocycles. The van der Waals surface area contributed by atoms with E-state index in [0.717, 1.165) is 56.2 Å². The standard InChI is InChI=1S/C18H20N4O4S/c1-25-16(23)10-15-17(24)20-18(27-15)21-19-11-13-2-4-14(5-3-13)12-22-6-8-26-9-7-22/h2-5,10-11H,6-9,12H2,1H3,(H,20,21,24)/b15-10+,19-11?. The Hall–Kier alpha value is -2.49. The molecule has 0 aromatic heterocycles. The van der Waals surface area contributed by atoms with Crippen molar-refractivity contribution in [1.29, 1.82) is 0 Å². The van der Waals surface area contributed by atoms with E-state index in [9.17, 15) is 9.59 Å². The molecule has 0 radical (unpaired) electrons. The van der Waals surface area contributed by atoms with Gasteiger partial charge in [0.25, 0.3) is 5.91 Å². The fourth-order valence-corrected chi connectivity index (χ4v) is 3.25. The van der Waals surface area contributed by atoms with Gasteiger partial charge in [0.1, 0.15) is 0 Å². The zero-order chi connectivity index (χ0) is 19.1. The summed E-state index contributed by atoms with van der Waals surface area (Å²) in [6, 6.07) is 8.07. The molecule has 0 spiro atoms. The minimum Gasteiger partial charge on any atom is -0.466 e. The van der Waals surface area contributed by atoms with Crippen LogP contribution in [-0.4, -0.2) is 61.6 Å². The molecule has 9 heteroatoms. The lowest BCUT2D eigenvalue weighted by Gasteiger charge is -2.26. The summed E-state index contributed by atoms with van der Waals surface area (Å²) >= 11 is 1.04. The summed E-state index contributed by atoms with van der Waals surface area (Å²) in [7, 11) is 1.25. The zero-order valence-electron chi connectivity index (χ0n) is 14.9. The average Bonchev–Trinajstić information content (AvgIpc) is 3.03. The summed E-state index contributed by atoms with van der Waals surface area (Å²) in [6.45, 7) is 4.39. The van der Waals surface area contributed by atoms with Crippen LogP contribution in [-0.2, 0) is 25.6 Å². The van der Waals surface area contributed by atoms with E-state index in [2.05, 4.69) is 37.3 Å². The van der Waals surface area contributed by atoms with Gasteiger partial charge in [-0.15, -0.1) is 5.10 Å². The van der Waals surface area contributed by atoms with Gasteiger partial charge in [-0.3, -0.25) is 15.0 Å². The molecule has 2 saturated heterocycles. The lowest BCUT2D eigenvalue weighted by atomic mass is 10.1. The number of nitrogens with one attached hydrogen (secondary N) is 1. The topological polar surface area (TPSA) is 92.6 Å². The van der Waals surface area contributed by atoms with E-state index in [-0.39, 0.29) is 4.91 Å². The van der Waals surface area contributed by atoms with Gasteiger partial charge in [-0.2, -0.15) is 5.10 Å². The number of benzene rings is 1. The molecule has 0 bridgehead atoms. The Morgan fingerprint density at radius 2 is 2.07 bits per heavy atom. The zero-order valence-corrected chi connectivity index (χ0v) is 15.7. The predicted octanol–water partition coefficient (Wildman–Crippen LogP) is 1.13. The van der Waals surface area contributed by atoms with Gasteiger partial charge in [0, 0.05) is 25.7 Å². The first-order valence-corrected chi connectivity index (χ1v) is 9.24. The van der Waals surface area contributed by atoms with E-state index < -0.39 is 11.9 Å². The number of methoxy groups -OCH3 is 1. The Morgan fingerprint density at radius 3 is 2.78 bits per heavy atom. The predicted molar refractivity (Wildman–Crippen MR) is 103 cm³/mol. The van der Waals surface area contributed by atoms with Crippen molar-refractivity contribution in [2.24, 2.45) is 10.2 Å².